The second kappa shape index (κ2) is 7.31. The number of benzene rings is 2. The van der Waals surface area contributed by atoms with Gasteiger partial charge in [0.15, 0.2) is 0 Å². The third-order valence-electron chi connectivity index (χ3n) is 3.44. The minimum absolute atomic E-state index is 0.209. The molecule has 0 saturated carbocycles. The summed E-state index contributed by atoms with van der Waals surface area (Å²) in [7, 11) is 0. The minimum atomic E-state index is -0.974. The summed E-state index contributed by atoms with van der Waals surface area (Å²) in [4.78, 5) is 19.4. The summed E-state index contributed by atoms with van der Waals surface area (Å²) in [5.74, 6) is 0.206. The average Bonchev–Trinajstić information content (AvgIpc) is 2.58. The normalized spacial score (nSPS) is 10.3. The van der Waals surface area contributed by atoms with Gasteiger partial charge in [-0.25, -0.2) is 14.8 Å². The molecule has 0 spiro atoms. The monoisotopic (exact) mass is 398 g/mol. The molecule has 0 aliphatic heterocycles. The highest BCUT2D eigenvalue weighted by Crippen LogP contribution is 2.27. The second-order valence-corrected chi connectivity index (χ2v) is 6.26. The van der Waals surface area contributed by atoms with Crippen molar-refractivity contribution < 1.29 is 9.90 Å². The van der Waals surface area contributed by atoms with Gasteiger partial charge in [-0.15, -0.1) is 0 Å². The van der Waals surface area contributed by atoms with Crippen molar-refractivity contribution in [3.05, 3.63) is 70.5 Å². The van der Waals surface area contributed by atoms with Gasteiger partial charge in [-0.3, -0.25) is 0 Å². The van der Waals surface area contributed by atoms with Crippen LogP contribution in [0.1, 0.15) is 15.9 Å². The first-order chi connectivity index (χ1) is 12.0. The summed E-state index contributed by atoms with van der Waals surface area (Å²) >= 11 is 3.52. The fourth-order valence-electron chi connectivity index (χ4n) is 2.23. The summed E-state index contributed by atoms with van der Waals surface area (Å²) in [6, 6.07) is 14.3. The van der Waals surface area contributed by atoms with Crippen LogP contribution >= 0.6 is 15.9 Å². The topological polar surface area (TPSA) is 87.1 Å². The number of carbonyl (C=O) groups is 1. The van der Waals surface area contributed by atoms with E-state index in [0.717, 1.165) is 15.7 Å². The molecule has 0 aliphatic rings. The zero-order valence-corrected chi connectivity index (χ0v) is 14.9. The lowest BCUT2D eigenvalue weighted by atomic mass is 10.2. The Morgan fingerprint density at radius 3 is 2.52 bits per heavy atom. The van der Waals surface area contributed by atoms with Crippen LogP contribution in [0, 0.1) is 6.92 Å². The van der Waals surface area contributed by atoms with Gasteiger partial charge in [-0.05, 0) is 58.7 Å². The molecule has 0 saturated heterocycles. The van der Waals surface area contributed by atoms with Crippen LogP contribution in [0.2, 0.25) is 0 Å². The molecule has 1 aromatic heterocycles. The smallest absolute Gasteiger partial charge is 0.335 e. The number of aromatic nitrogens is 2. The van der Waals surface area contributed by atoms with Crippen LogP contribution in [0.15, 0.2) is 59.3 Å². The van der Waals surface area contributed by atoms with Gasteiger partial charge in [0.1, 0.15) is 18.0 Å². The largest absolute Gasteiger partial charge is 0.478 e. The molecule has 0 fully saturated rings. The van der Waals surface area contributed by atoms with Crippen LogP contribution in [0.25, 0.3) is 0 Å². The van der Waals surface area contributed by atoms with Gasteiger partial charge in [0.05, 0.1) is 11.3 Å². The van der Waals surface area contributed by atoms with Crippen molar-refractivity contribution in [2.75, 3.05) is 10.6 Å². The lowest BCUT2D eigenvalue weighted by molar-refractivity contribution is 0.0697. The predicted molar refractivity (Wildman–Crippen MR) is 101 cm³/mol. The maximum Gasteiger partial charge on any atom is 0.335 e. The molecule has 126 valence electrons. The molecule has 0 amide bonds. The average molecular weight is 399 g/mol. The van der Waals surface area contributed by atoms with E-state index in [4.69, 9.17) is 5.11 Å². The first-order valence-electron chi connectivity index (χ1n) is 7.47. The summed E-state index contributed by atoms with van der Waals surface area (Å²) in [6.07, 6.45) is 1.44. The molecule has 0 radical (unpaired) electrons. The highest BCUT2D eigenvalue weighted by Gasteiger charge is 2.06. The van der Waals surface area contributed by atoms with Crippen LogP contribution in [0.5, 0.6) is 0 Å². The minimum Gasteiger partial charge on any atom is -0.478 e. The number of nitrogens with one attached hydrogen (secondary N) is 2. The lowest BCUT2D eigenvalue weighted by Crippen LogP contribution is -2.00. The SMILES string of the molecule is Cc1ccc(Nc2cc(Nc3cccc(C(=O)O)c3)ncn2)c(Br)c1. The zero-order chi connectivity index (χ0) is 17.8. The second-order valence-electron chi connectivity index (χ2n) is 5.41. The van der Waals surface area contributed by atoms with Crippen molar-refractivity contribution in [3.63, 3.8) is 0 Å². The molecule has 6 nitrogen and oxygen atoms in total. The Morgan fingerprint density at radius 1 is 1.04 bits per heavy atom. The van der Waals surface area contributed by atoms with Gasteiger partial charge in [0.25, 0.3) is 0 Å². The van der Waals surface area contributed by atoms with Crippen LogP contribution in [-0.2, 0) is 0 Å². The number of hydrogen-bond acceptors (Lipinski definition) is 5. The van der Waals surface area contributed by atoms with Gasteiger partial charge < -0.3 is 15.7 Å². The lowest BCUT2D eigenvalue weighted by Gasteiger charge is -2.10. The van der Waals surface area contributed by atoms with E-state index in [-0.39, 0.29) is 5.56 Å². The first kappa shape index (κ1) is 16.9. The highest BCUT2D eigenvalue weighted by molar-refractivity contribution is 9.10. The van der Waals surface area contributed by atoms with Crippen molar-refractivity contribution >= 4 is 44.9 Å². The summed E-state index contributed by atoms with van der Waals surface area (Å²) in [6.45, 7) is 2.02. The van der Waals surface area contributed by atoms with Crippen molar-refractivity contribution in [1.82, 2.24) is 9.97 Å². The Hall–Kier alpha value is -2.93. The van der Waals surface area contributed by atoms with Gasteiger partial charge in [-0.1, -0.05) is 12.1 Å². The number of rotatable bonds is 5. The molecular weight excluding hydrogens is 384 g/mol. The molecule has 0 aliphatic carbocycles. The Bertz CT molecular complexity index is 930. The molecule has 7 heteroatoms. The Balaban J connectivity index is 1.79. The summed E-state index contributed by atoms with van der Waals surface area (Å²) < 4.78 is 0.940. The number of carboxylic acids is 1. The molecule has 3 aromatic rings. The van der Waals surface area contributed by atoms with Crippen LogP contribution < -0.4 is 10.6 Å². The summed E-state index contributed by atoms with van der Waals surface area (Å²) in [5, 5.41) is 15.4. The van der Waals surface area contributed by atoms with Gasteiger partial charge in [0.2, 0.25) is 0 Å². The third-order valence-corrected chi connectivity index (χ3v) is 4.09. The van der Waals surface area contributed by atoms with Gasteiger partial charge in [-0.2, -0.15) is 0 Å². The van der Waals surface area contributed by atoms with E-state index in [2.05, 4.69) is 36.5 Å². The van der Waals surface area contributed by atoms with E-state index in [1.807, 2.05) is 25.1 Å². The van der Waals surface area contributed by atoms with E-state index in [9.17, 15) is 4.79 Å². The number of anilines is 4. The number of carboxylic acid groups (broad SMARTS) is 1. The van der Waals surface area contributed by atoms with Crippen molar-refractivity contribution in [1.29, 1.82) is 0 Å². The maximum atomic E-state index is 11.1. The molecular formula is C18H15BrN4O2. The predicted octanol–water partition coefficient (Wildman–Crippen LogP) is 4.73. The van der Waals surface area contributed by atoms with E-state index < -0.39 is 5.97 Å². The van der Waals surface area contributed by atoms with E-state index in [1.54, 1.807) is 24.3 Å². The number of aromatic carboxylic acids is 1. The molecule has 25 heavy (non-hydrogen) atoms. The van der Waals surface area contributed by atoms with Gasteiger partial charge in [0, 0.05) is 16.2 Å². The fourth-order valence-corrected chi connectivity index (χ4v) is 2.82. The number of aryl methyl sites for hydroxylation is 1. The summed E-state index contributed by atoms with van der Waals surface area (Å²) in [5.41, 5.74) is 2.89. The molecule has 2 aromatic carbocycles. The van der Waals surface area contributed by atoms with Crippen molar-refractivity contribution in [2.24, 2.45) is 0 Å². The third kappa shape index (κ3) is 4.33. The fraction of sp³-hybridized carbons (Fsp3) is 0.0556. The van der Waals surface area contributed by atoms with Crippen molar-refractivity contribution in [3.8, 4) is 0 Å². The molecule has 1 heterocycles. The first-order valence-corrected chi connectivity index (χ1v) is 8.26. The van der Waals surface area contributed by atoms with E-state index >= 15 is 0 Å². The zero-order valence-electron chi connectivity index (χ0n) is 13.3. The highest BCUT2D eigenvalue weighted by atomic mass is 79.9. The maximum absolute atomic E-state index is 11.1. The van der Waals surface area contributed by atoms with Crippen LogP contribution in [-0.4, -0.2) is 21.0 Å². The van der Waals surface area contributed by atoms with E-state index in [1.165, 1.54) is 12.4 Å². The standard InChI is InChI=1S/C18H15BrN4O2/c1-11-5-6-15(14(19)7-11)23-17-9-16(20-10-21-17)22-13-4-2-3-12(8-13)18(24)25/h2-10H,1H3,(H,24,25)(H2,20,21,22,23). The number of halogens is 1. The number of hydrogen-bond donors (Lipinski definition) is 3. The van der Waals surface area contributed by atoms with E-state index in [0.29, 0.717) is 17.3 Å². The molecule has 0 bridgehead atoms. The van der Waals surface area contributed by atoms with Crippen molar-refractivity contribution in [2.45, 2.75) is 6.92 Å². The molecule has 3 rings (SSSR count). The Morgan fingerprint density at radius 2 is 1.80 bits per heavy atom. The quantitative estimate of drug-likeness (QED) is 0.575. The Kier molecular flexibility index (Phi) is 4.95. The van der Waals surface area contributed by atoms with Crippen LogP contribution in [0.4, 0.5) is 23.0 Å². The molecule has 0 atom stereocenters. The Labute approximate surface area is 153 Å². The molecule has 0 unspecified atom stereocenters. The molecule has 3 N–H and O–H groups in total. The van der Waals surface area contributed by atoms with Gasteiger partial charge >= 0.3 is 5.97 Å². The van der Waals surface area contributed by atoms with Crippen LogP contribution in [0.3, 0.4) is 0 Å². The number of nitrogens with zero attached hydrogens (tertiary/aromatic N) is 2.